The smallest absolute Gasteiger partial charge is 0.207 e. The predicted molar refractivity (Wildman–Crippen MR) is 109 cm³/mol. The lowest BCUT2D eigenvalue weighted by Gasteiger charge is -2.28. The molecule has 3 aromatic carbocycles. The Kier molecular flexibility index (Phi) is 4.13. The average molecular weight is 372 g/mol. The molecule has 0 aliphatic carbocycles. The fourth-order valence-corrected chi connectivity index (χ4v) is 4.08. The Morgan fingerprint density at radius 2 is 1.79 bits per heavy atom. The van der Waals surface area contributed by atoms with E-state index in [4.69, 9.17) is 9.47 Å². The van der Waals surface area contributed by atoms with Crippen molar-refractivity contribution in [3.63, 3.8) is 0 Å². The topological polar surface area (TPSA) is 52.5 Å². The van der Waals surface area contributed by atoms with Crippen LogP contribution < -0.4 is 14.8 Å². The third-order valence-electron chi connectivity index (χ3n) is 5.25. The number of nitrogens with one attached hydrogen (secondary N) is 1. The minimum absolute atomic E-state index is 0.0638. The summed E-state index contributed by atoms with van der Waals surface area (Å²) in [4.78, 5) is 10.5. The highest BCUT2D eigenvalue weighted by atomic mass is 16.5. The molecule has 0 fully saturated rings. The van der Waals surface area contributed by atoms with Gasteiger partial charge < -0.3 is 19.4 Å². The molecule has 1 atom stereocenters. The molecule has 1 N–H and O–H groups in total. The highest BCUT2D eigenvalue weighted by Gasteiger charge is 2.28. The average Bonchev–Trinajstić information content (AvgIpc) is 3.09. The molecule has 5 rings (SSSR count). The van der Waals surface area contributed by atoms with E-state index in [-0.39, 0.29) is 6.04 Å². The van der Waals surface area contributed by atoms with Gasteiger partial charge in [0.25, 0.3) is 0 Å². The van der Waals surface area contributed by atoms with Gasteiger partial charge in [0.15, 0.2) is 0 Å². The van der Waals surface area contributed by atoms with Gasteiger partial charge in [0, 0.05) is 10.8 Å². The van der Waals surface area contributed by atoms with Crippen LogP contribution in [0.15, 0.2) is 66.7 Å². The third kappa shape index (κ3) is 2.59. The summed E-state index contributed by atoms with van der Waals surface area (Å²) in [5.74, 6) is 1.71. The second-order valence-electron chi connectivity index (χ2n) is 6.83. The highest BCUT2D eigenvalue weighted by molar-refractivity contribution is 6.12. The number of hydrogen-bond acceptors (Lipinski definition) is 3. The molecule has 0 bridgehead atoms. The molecule has 1 aliphatic heterocycles. The van der Waals surface area contributed by atoms with Crippen LogP contribution in [0, 0.1) is 0 Å². The van der Waals surface area contributed by atoms with E-state index in [0.717, 1.165) is 33.3 Å². The molecule has 4 aromatic rings. The van der Waals surface area contributed by atoms with Crippen molar-refractivity contribution in [3.05, 3.63) is 72.3 Å². The summed E-state index contributed by atoms with van der Waals surface area (Å²) >= 11 is 0. The van der Waals surface area contributed by atoms with E-state index in [1.807, 2.05) is 30.3 Å². The Bertz CT molecular complexity index is 1150. The molecule has 1 amide bonds. The first-order chi connectivity index (χ1) is 13.9. The van der Waals surface area contributed by atoms with Crippen LogP contribution in [0.4, 0.5) is 0 Å². The lowest BCUT2D eigenvalue weighted by molar-refractivity contribution is -0.109. The van der Waals surface area contributed by atoms with Gasteiger partial charge in [-0.25, -0.2) is 0 Å². The van der Waals surface area contributed by atoms with E-state index in [9.17, 15) is 4.79 Å². The second-order valence-corrected chi connectivity index (χ2v) is 6.83. The standard InChI is InChI=1S/C23H20N2O3/c26-15-24-12-13-27-20-10-4-8-17-18-9-5-11-21-23(18)25(22(17)20)19(14-28-21)16-6-2-1-3-7-16/h1-11,15,19H,12-14H2,(H,24,26). The fraction of sp³-hybridized carbons (Fsp3) is 0.174. The van der Waals surface area contributed by atoms with E-state index >= 15 is 0 Å². The monoisotopic (exact) mass is 372 g/mol. The van der Waals surface area contributed by atoms with Crippen LogP contribution in [0.3, 0.4) is 0 Å². The van der Waals surface area contributed by atoms with Crippen LogP contribution >= 0.6 is 0 Å². The molecule has 28 heavy (non-hydrogen) atoms. The van der Waals surface area contributed by atoms with Crippen LogP contribution in [-0.4, -0.2) is 30.7 Å². The van der Waals surface area contributed by atoms with Gasteiger partial charge in [-0.15, -0.1) is 0 Å². The zero-order chi connectivity index (χ0) is 18.9. The number of fused-ring (bicyclic) bond motifs is 3. The summed E-state index contributed by atoms with van der Waals surface area (Å²) in [5, 5.41) is 4.94. The molecule has 2 heterocycles. The van der Waals surface area contributed by atoms with Gasteiger partial charge in [0.1, 0.15) is 24.7 Å². The lowest BCUT2D eigenvalue weighted by atomic mass is 10.1. The number of amides is 1. The van der Waals surface area contributed by atoms with Crippen molar-refractivity contribution >= 4 is 28.2 Å². The number of nitrogens with zero attached hydrogens (tertiary/aromatic N) is 1. The van der Waals surface area contributed by atoms with Crippen molar-refractivity contribution < 1.29 is 14.3 Å². The minimum Gasteiger partial charge on any atom is -0.490 e. The van der Waals surface area contributed by atoms with Crippen LogP contribution in [0.25, 0.3) is 21.8 Å². The number of carbonyl (C=O) groups is 1. The van der Waals surface area contributed by atoms with Gasteiger partial charge >= 0.3 is 0 Å². The van der Waals surface area contributed by atoms with E-state index in [2.05, 4.69) is 46.3 Å². The van der Waals surface area contributed by atoms with Gasteiger partial charge in [-0.1, -0.05) is 54.6 Å². The molecule has 1 aliphatic rings. The number of para-hydroxylation sites is 2. The fourth-order valence-electron chi connectivity index (χ4n) is 4.08. The normalized spacial score (nSPS) is 15.4. The zero-order valence-electron chi connectivity index (χ0n) is 15.3. The van der Waals surface area contributed by atoms with Crippen LogP contribution in [0.5, 0.6) is 11.5 Å². The summed E-state index contributed by atoms with van der Waals surface area (Å²) in [6.45, 7) is 1.45. The van der Waals surface area contributed by atoms with Crippen molar-refractivity contribution in [1.82, 2.24) is 9.88 Å². The van der Waals surface area contributed by atoms with Gasteiger partial charge in [-0.3, -0.25) is 4.79 Å². The molecule has 1 aromatic heterocycles. The number of aromatic nitrogens is 1. The first kappa shape index (κ1) is 16.7. The van der Waals surface area contributed by atoms with Crippen molar-refractivity contribution in [2.24, 2.45) is 0 Å². The molecule has 140 valence electrons. The highest BCUT2D eigenvalue weighted by Crippen LogP contribution is 2.44. The van der Waals surface area contributed by atoms with Crippen LogP contribution in [0.2, 0.25) is 0 Å². The van der Waals surface area contributed by atoms with Crippen molar-refractivity contribution in [2.75, 3.05) is 19.8 Å². The van der Waals surface area contributed by atoms with Gasteiger partial charge in [0.2, 0.25) is 6.41 Å². The van der Waals surface area contributed by atoms with Gasteiger partial charge in [-0.2, -0.15) is 0 Å². The van der Waals surface area contributed by atoms with Crippen molar-refractivity contribution in [2.45, 2.75) is 6.04 Å². The van der Waals surface area contributed by atoms with E-state index in [1.54, 1.807) is 0 Å². The SMILES string of the molecule is O=CNCCOc1cccc2c3cccc4c3n(c12)C(c1ccccc1)CO4. The maximum Gasteiger partial charge on any atom is 0.207 e. The quantitative estimate of drug-likeness (QED) is 0.413. The van der Waals surface area contributed by atoms with Gasteiger partial charge in [-0.05, 0) is 17.7 Å². The Balaban J connectivity index is 1.74. The molecule has 0 saturated carbocycles. The zero-order valence-corrected chi connectivity index (χ0v) is 15.3. The first-order valence-corrected chi connectivity index (χ1v) is 9.41. The van der Waals surface area contributed by atoms with Crippen molar-refractivity contribution in [3.8, 4) is 11.5 Å². The third-order valence-corrected chi connectivity index (χ3v) is 5.25. The lowest BCUT2D eigenvalue weighted by Crippen LogP contribution is -2.23. The molecule has 0 saturated heterocycles. The van der Waals surface area contributed by atoms with E-state index in [1.165, 1.54) is 5.56 Å². The summed E-state index contributed by atoms with van der Waals surface area (Å²) in [6.07, 6.45) is 0.689. The molecule has 0 spiro atoms. The summed E-state index contributed by atoms with van der Waals surface area (Å²) in [7, 11) is 0. The Labute approximate surface area is 162 Å². The first-order valence-electron chi connectivity index (χ1n) is 9.41. The van der Waals surface area contributed by atoms with E-state index in [0.29, 0.717) is 26.2 Å². The summed E-state index contributed by atoms with van der Waals surface area (Å²) in [5.41, 5.74) is 3.36. The van der Waals surface area contributed by atoms with Gasteiger partial charge in [0.05, 0.1) is 23.6 Å². The van der Waals surface area contributed by atoms with Crippen LogP contribution in [-0.2, 0) is 4.79 Å². The Morgan fingerprint density at radius 3 is 2.61 bits per heavy atom. The molecule has 1 unspecified atom stereocenters. The molecular weight excluding hydrogens is 352 g/mol. The molecule has 5 nitrogen and oxygen atoms in total. The number of rotatable bonds is 6. The minimum atomic E-state index is 0.0638. The predicted octanol–water partition coefficient (Wildman–Crippen LogP) is 3.90. The molecular formula is C23H20N2O3. The maximum atomic E-state index is 10.5. The summed E-state index contributed by atoms with van der Waals surface area (Å²) in [6, 6.07) is 22.8. The number of ether oxygens (including phenoxy) is 2. The van der Waals surface area contributed by atoms with E-state index < -0.39 is 0 Å². The van der Waals surface area contributed by atoms with Crippen molar-refractivity contribution in [1.29, 1.82) is 0 Å². The molecule has 0 radical (unpaired) electrons. The Morgan fingerprint density at radius 1 is 1.00 bits per heavy atom. The maximum absolute atomic E-state index is 10.5. The number of benzene rings is 3. The second kappa shape index (κ2) is 6.93. The summed E-state index contributed by atoms with van der Waals surface area (Å²) < 4.78 is 14.5. The largest absolute Gasteiger partial charge is 0.490 e. The molecule has 5 heteroatoms. The van der Waals surface area contributed by atoms with Crippen LogP contribution in [0.1, 0.15) is 11.6 Å². The Hall–Kier alpha value is -3.47. The number of carbonyl (C=O) groups excluding carboxylic acids is 1. The number of hydrogen-bond donors (Lipinski definition) is 1.